The number of rotatable bonds is 16. The maximum Gasteiger partial charge on any atom is 0.337 e. The molecular weight excluding hydrogens is 388 g/mol. The average Bonchev–Trinajstić information content (AvgIpc) is 2.75. The molecule has 0 aliphatic rings. The fraction of sp³-hybridized carbons (Fsp3) is 0.409. The third-order valence-corrected chi connectivity index (χ3v) is 4.07. The van der Waals surface area contributed by atoms with Crippen LogP contribution in [0, 0.1) is 0 Å². The van der Waals surface area contributed by atoms with Gasteiger partial charge in [-0.25, -0.2) is 4.79 Å². The molecule has 0 fully saturated rings. The number of hydrogen-bond acceptors (Lipinski definition) is 5. The predicted molar refractivity (Wildman–Crippen MR) is 113 cm³/mol. The van der Waals surface area contributed by atoms with Crippen molar-refractivity contribution in [2.75, 3.05) is 26.3 Å². The van der Waals surface area contributed by atoms with Crippen LogP contribution in [0.1, 0.15) is 37.4 Å². The summed E-state index contributed by atoms with van der Waals surface area (Å²) in [7, 11) is 0. The molecule has 30 heavy (non-hydrogen) atoms. The lowest BCUT2D eigenvalue weighted by atomic mass is 10.1. The molecule has 164 valence electrons. The molecule has 0 radical (unpaired) electrons. The van der Waals surface area contributed by atoms with Crippen molar-refractivity contribution < 1.29 is 29.0 Å². The van der Waals surface area contributed by atoms with Crippen molar-refractivity contribution >= 4 is 17.8 Å². The molecule has 0 spiro atoms. The molecule has 0 bridgehead atoms. The molecule has 3 N–H and O–H groups in total. The van der Waals surface area contributed by atoms with Crippen LogP contribution in [0.2, 0.25) is 0 Å². The zero-order chi connectivity index (χ0) is 22.2. The van der Waals surface area contributed by atoms with Gasteiger partial charge in [-0.1, -0.05) is 25.3 Å². The first-order valence-electron chi connectivity index (χ1n) is 9.85. The zero-order valence-corrected chi connectivity index (χ0v) is 17.1. The van der Waals surface area contributed by atoms with E-state index in [1.807, 2.05) is 0 Å². The molecule has 1 aromatic carbocycles. The van der Waals surface area contributed by atoms with Gasteiger partial charge in [0.1, 0.15) is 5.75 Å². The van der Waals surface area contributed by atoms with Crippen molar-refractivity contribution in [1.29, 1.82) is 0 Å². The molecule has 1 rings (SSSR count). The zero-order valence-electron chi connectivity index (χ0n) is 17.1. The van der Waals surface area contributed by atoms with Gasteiger partial charge in [-0.3, -0.25) is 9.59 Å². The largest absolute Gasteiger partial charge is 0.494 e. The summed E-state index contributed by atoms with van der Waals surface area (Å²) in [6.07, 6.45) is 4.22. The minimum absolute atomic E-state index is 0.193. The number of carbonyl (C=O) groups is 3. The number of ether oxygens (including phenoxy) is 2. The standard InChI is InChI=1S/C22H30N2O6/c1-3-19(25)23-13-5-7-15-29-18-11-9-17(10-12-18)21(22(27)28)30-16-8-6-14-24-20(26)4-2/h3-4,9-12,21H,1-2,5-8,13-16H2,(H,23,25)(H,24,26)(H,27,28). The first-order chi connectivity index (χ1) is 14.5. The van der Waals surface area contributed by atoms with Gasteiger partial charge >= 0.3 is 5.97 Å². The number of carboxylic acids is 1. The van der Waals surface area contributed by atoms with Crippen molar-refractivity contribution in [1.82, 2.24) is 10.6 Å². The molecule has 0 aliphatic heterocycles. The Labute approximate surface area is 176 Å². The second kappa shape index (κ2) is 14.8. The quantitative estimate of drug-likeness (QED) is 0.281. The first kappa shape index (κ1) is 24.9. The molecule has 0 heterocycles. The number of unbranched alkanes of at least 4 members (excludes halogenated alkanes) is 2. The van der Waals surface area contributed by atoms with E-state index in [9.17, 15) is 19.5 Å². The van der Waals surface area contributed by atoms with Crippen molar-refractivity contribution in [2.24, 2.45) is 0 Å². The maximum absolute atomic E-state index is 11.5. The van der Waals surface area contributed by atoms with Crippen LogP contribution in [0.5, 0.6) is 5.75 Å². The van der Waals surface area contributed by atoms with Gasteiger partial charge in [-0.15, -0.1) is 0 Å². The van der Waals surface area contributed by atoms with Crippen LogP contribution in [0.25, 0.3) is 0 Å². The summed E-state index contributed by atoms with van der Waals surface area (Å²) in [4.78, 5) is 33.6. The lowest BCUT2D eigenvalue weighted by Gasteiger charge is -2.15. The Morgan fingerprint density at radius 2 is 1.43 bits per heavy atom. The summed E-state index contributed by atoms with van der Waals surface area (Å²) in [5.74, 6) is -0.858. The van der Waals surface area contributed by atoms with Crippen molar-refractivity contribution in [3.05, 3.63) is 55.1 Å². The van der Waals surface area contributed by atoms with Crippen LogP contribution in [-0.4, -0.2) is 49.2 Å². The highest BCUT2D eigenvalue weighted by Gasteiger charge is 2.20. The Kier molecular flexibility index (Phi) is 12.3. The summed E-state index contributed by atoms with van der Waals surface area (Å²) < 4.78 is 11.1. The van der Waals surface area contributed by atoms with Gasteiger partial charge in [0.05, 0.1) is 6.61 Å². The smallest absolute Gasteiger partial charge is 0.337 e. The van der Waals surface area contributed by atoms with Gasteiger partial charge in [0.15, 0.2) is 6.10 Å². The minimum atomic E-state index is -1.06. The second-order valence-corrected chi connectivity index (χ2v) is 6.41. The third-order valence-electron chi connectivity index (χ3n) is 4.07. The number of benzene rings is 1. The summed E-state index contributed by atoms with van der Waals surface area (Å²) in [6.45, 7) is 8.55. The van der Waals surface area contributed by atoms with Gasteiger partial charge < -0.3 is 25.2 Å². The average molecular weight is 418 g/mol. The van der Waals surface area contributed by atoms with E-state index in [4.69, 9.17) is 9.47 Å². The van der Waals surface area contributed by atoms with E-state index >= 15 is 0 Å². The molecule has 0 aliphatic carbocycles. The molecule has 8 nitrogen and oxygen atoms in total. The Morgan fingerprint density at radius 3 is 1.93 bits per heavy atom. The number of carbonyl (C=O) groups excluding carboxylic acids is 2. The minimum Gasteiger partial charge on any atom is -0.494 e. The fourth-order valence-electron chi connectivity index (χ4n) is 2.46. The van der Waals surface area contributed by atoms with Gasteiger partial charge in [0, 0.05) is 19.7 Å². The SMILES string of the molecule is C=CC(=O)NCCCCOc1ccc(C(OCCCCNC(=O)C=C)C(=O)O)cc1. The van der Waals surface area contributed by atoms with Crippen LogP contribution >= 0.6 is 0 Å². The van der Waals surface area contributed by atoms with Gasteiger partial charge in [0.25, 0.3) is 0 Å². The molecule has 0 aromatic heterocycles. The predicted octanol–water partition coefficient (Wildman–Crippen LogP) is 2.37. The van der Waals surface area contributed by atoms with Crippen molar-refractivity contribution in [3.63, 3.8) is 0 Å². The molecule has 0 saturated carbocycles. The number of hydrogen-bond donors (Lipinski definition) is 3. The van der Waals surface area contributed by atoms with E-state index < -0.39 is 12.1 Å². The van der Waals surface area contributed by atoms with Crippen LogP contribution in [-0.2, 0) is 19.1 Å². The van der Waals surface area contributed by atoms with Crippen molar-refractivity contribution in [3.8, 4) is 5.75 Å². The topological polar surface area (TPSA) is 114 Å². The molecule has 1 atom stereocenters. The number of aliphatic carboxylic acids is 1. The first-order valence-corrected chi connectivity index (χ1v) is 9.85. The van der Waals surface area contributed by atoms with Gasteiger partial charge in [0.2, 0.25) is 11.8 Å². The summed E-state index contributed by atoms with van der Waals surface area (Å²) in [5, 5.41) is 14.8. The highest BCUT2D eigenvalue weighted by atomic mass is 16.5. The number of carboxylic acid groups (broad SMARTS) is 1. The van der Waals surface area contributed by atoms with E-state index in [2.05, 4.69) is 23.8 Å². The lowest BCUT2D eigenvalue weighted by Crippen LogP contribution is -2.22. The lowest BCUT2D eigenvalue weighted by molar-refractivity contribution is -0.151. The Bertz CT molecular complexity index is 702. The summed E-state index contributed by atoms with van der Waals surface area (Å²) in [5.41, 5.74) is 0.530. The molecule has 1 aromatic rings. The van der Waals surface area contributed by atoms with Gasteiger partial charge in [-0.05, 0) is 55.5 Å². The van der Waals surface area contributed by atoms with Crippen LogP contribution in [0.15, 0.2) is 49.6 Å². The van der Waals surface area contributed by atoms with E-state index in [0.29, 0.717) is 43.9 Å². The van der Waals surface area contributed by atoms with E-state index in [-0.39, 0.29) is 18.4 Å². The Morgan fingerprint density at radius 1 is 0.900 bits per heavy atom. The number of nitrogens with one attached hydrogen (secondary N) is 2. The molecule has 2 amide bonds. The van der Waals surface area contributed by atoms with E-state index in [1.165, 1.54) is 12.2 Å². The third kappa shape index (κ3) is 10.4. The van der Waals surface area contributed by atoms with Crippen LogP contribution in [0.4, 0.5) is 0 Å². The highest BCUT2D eigenvalue weighted by Crippen LogP contribution is 2.21. The van der Waals surface area contributed by atoms with E-state index in [0.717, 1.165) is 12.8 Å². The maximum atomic E-state index is 11.5. The Balaban J connectivity index is 2.33. The summed E-state index contributed by atoms with van der Waals surface area (Å²) in [6, 6.07) is 6.75. The van der Waals surface area contributed by atoms with Crippen LogP contribution < -0.4 is 15.4 Å². The number of amides is 2. The van der Waals surface area contributed by atoms with Crippen molar-refractivity contribution in [2.45, 2.75) is 31.8 Å². The van der Waals surface area contributed by atoms with Gasteiger partial charge in [-0.2, -0.15) is 0 Å². The second-order valence-electron chi connectivity index (χ2n) is 6.41. The molecular formula is C22H30N2O6. The van der Waals surface area contributed by atoms with Crippen LogP contribution in [0.3, 0.4) is 0 Å². The molecule has 8 heteroatoms. The normalized spacial score (nSPS) is 11.2. The highest BCUT2D eigenvalue weighted by molar-refractivity contribution is 5.87. The fourth-order valence-corrected chi connectivity index (χ4v) is 2.46. The Hall–Kier alpha value is -3.13. The summed E-state index contributed by atoms with van der Waals surface area (Å²) >= 11 is 0. The molecule has 0 saturated heterocycles. The molecule has 1 unspecified atom stereocenters. The monoisotopic (exact) mass is 418 g/mol. The van der Waals surface area contributed by atoms with E-state index in [1.54, 1.807) is 24.3 Å².